The van der Waals surface area contributed by atoms with E-state index in [0.717, 1.165) is 103 Å². The van der Waals surface area contributed by atoms with Crippen molar-refractivity contribution in [1.82, 2.24) is 24.8 Å². The zero-order chi connectivity index (χ0) is 20.2. The zero-order valence-corrected chi connectivity index (χ0v) is 18.1. The van der Waals surface area contributed by atoms with Crippen LogP contribution < -0.4 is 4.90 Å². The molecule has 29 heavy (non-hydrogen) atoms. The number of anilines is 1. The van der Waals surface area contributed by atoms with Gasteiger partial charge in [0.05, 0.1) is 5.92 Å². The van der Waals surface area contributed by atoms with Gasteiger partial charge in [-0.2, -0.15) is 4.98 Å². The minimum absolute atomic E-state index is 0.180. The molecular weight excluding hydrogens is 368 g/mol. The number of piperidine rings is 2. The molecule has 0 saturated carbocycles. The van der Waals surface area contributed by atoms with E-state index in [4.69, 9.17) is 4.52 Å². The minimum atomic E-state index is 0.180. The van der Waals surface area contributed by atoms with Crippen molar-refractivity contribution in [2.75, 3.05) is 64.3 Å². The number of amides is 1. The number of carbonyl (C=O) groups excluding carboxylic acids is 1. The van der Waals surface area contributed by atoms with E-state index in [2.05, 4.69) is 43.7 Å². The molecule has 0 radical (unpaired) electrons. The maximum absolute atomic E-state index is 13.0. The molecule has 0 spiro atoms. The van der Waals surface area contributed by atoms with E-state index < -0.39 is 0 Å². The summed E-state index contributed by atoms with van der Waals surface area (Å²) in [6.45, 7) is 9.86. The van der Waals surface area contributed by atoms with Crippen LogP contribution in [0.5, 0.6) is 0 Å². The molecule has 1 amide bonds. The van der Waals surface area contributed by atoms with Gasteiger partial charge in [-0.05, 0) is 50.9 Å². The van der Waals surface area contributed by atoms with Crippen molar-refractivity contribution >= 4 is 11.9 Å². The quantitative estimate of drug-likeness (QED) is 0.736. The molecule has 0 N–H and O–H groups in total. The van der Waals surface area contributed by atoms with Crippen LogP contribution in [0.25, 0.3) is 0 Å². The Labute approximate surface area is 174 Å². The van der Waals surface area contributed by atoms with Crippen molar-refractivity contribution in [2.45, 2.75) is 51.5 Å². The van der Waals surface area contributed by atoms with Crippen molar-refractivity contribution in [3.63, 3.8) is 0 Å². The molecule has 3 saturated heterocycles. The van der Waals surface area contributed by atoms with Gasteiger partial charge in [0.2, 0.25) is 11.8 Å². The monoisotopic (exact) mass is 404 g/mol. The summed E-state index contributed by atoms with van der Waals surface area (Å²) in [7, 11) is 2.13. The van der Waals surface area contributed by atoms with Crippen LogP contribution in [0.2, 0.25) is 0 Å². The van der Waals surface area contributed by atoms with Crippen LogP contribution in [-0.4, -0.2) is 96.2 Å². The van der Waals surface area contributed by atoms with Crippen molar-refractivity contribution in [3.8, 4) is 0 Å². The second-order valence-corrected chi connectivity index (χ2v) is 8.92. The first kappa shape index (κ1) is 20.6. The van der Waals surface area contributed by atoms with Gasteiger partial charge in [-0.3, -0.25) is 9.69 Å². The molecule has 0 unspecified atom stereocenters. The third-order valence-electron chi connectivity index (χ3n) is 6.80. The fraction of sp³-hybridized carbons (Fsp3) is 0.857. The summed E-state index contributed by atoms with van der Waals surface area (Å²) in [5.74, 6) is 2.05. The maximum Gasteiger partial charge on any atom is 0.266 e. The van der Waals surface area contributed by atoms with E-state index in [1.807, 2.05) is 0 Å². The molecule has 8 nitrogen and oxygen atoms in total. The predicted octanol–water partition coefficient (Wildman–Crippen LogP) is 1.48. The molecule has 1 atom stereocenters. The van der Waals surface area contributed by atoms with E-state index in [1.54, 1.807) is 0 Å². The summed E-state index contributed by atoms with van der Waals surface area (Å²) < 4.78 is 5.35. The lowest BCUT2D eigenvalue weighted by molar-refractivity contribution is -0.139. The summed E-state index contributed by atoms with van der Waals surface area (Å²) in [6, 6.07) is 0.566. The summed E-state index contributed by atoms with van der Waals surface area (Å²) in [5, 5.41) is 4.16. The predicted molar refractivity (Wildman–Crippen MR) is 112 cm³/mol. The molecule has 3 aliphatic heterocycles. The highest BCUT2D eigenvalue weighted by Gasteiger charge is 2.34. The van der Waals surface area contributed by atoms with Crippen LogP contribution in [-0.2, 0) is 11.2 Å². The Bertz CT molecular complexity index is 664. The molecule has 4 rings (SSSR count). The van der Waals surface area contributed by atoms with E-state index in [9.17, 15) is 4.79 Å². The number of hydrogen-bond acceptors (Lipinski definition) is 7. The molecule has 1 aromatic rings. The molecule has 8 heteroatoms. The Morgan fingerprint density at radius 2 is 1.83 bits per heavy atom. The van der Waals surface area contributed by atoms with E-state index >= 15 is 0 Å². The van der Waals surface area contributed by atoms with E-state index in [-0.39, 0.29) is 5.92 Å². The normalized spacial score (nSPS) is 25.5. The molecule has 3 fully saturated rings. The molecule has 4 heterocycles. The summed E-state index contributed by atoms with van der Waals surface area (Å²) >= 11 is 0. The topological polar surface area (TPSA) is 69.0 Å². The van der Waals surface area contributed by atoms with Gasteiger partial charge in [0.25, 0.3) is 5.95 Å². The molecule has 0 bridgehead atoms. The van der Waals surface area contributed by atoms with Crippen LogP contribution in [0.3, 0.4) is 0 Å². The smallest absolute Gasteiger partial charge is 0.266 e. The molecular formula is C21H36N6O2. The largest absolute Gasteiger partial charge is 0.340 e. The molecule has 162 valence electrons. The van der Waals surface area contributed by atoms with Crippen LogP contribution in [0.15, 0.2) is 4.52 Å². The highest BCUT2D eigenvalue weighted by molar-refractivity contribution is 5.79. The Kier molecular flexibility index (Phi) is 6.70. The second-order valence-electron chi connectivity index (χ2n) is 8.92. The van der Waals surface area contributed by atoms with Gasteiger partial charge in [-0.15, -0.1) is 0 Å². The third-order valence-corrected chi connectivity index (χ3v) is 6.80. The van der Waals surface area contributed by atoms with Gasteiger partial charge in [-0.25, -0.2) is 0 Å². The van der Waals surface area contributed by atoms with Gasteiger partial charge < -0.3 is 19.2 Å². The maximum atomic E-state index is 13.0. The fourth-order valence-corrected chi connectivity index (χ4v) is 4.95. The Morgan fingerprint density at radius 1 is 1.07 bits per heavy atom. The van der Waals surface area contributed by atoms with E-state index in [0.29, 0.717) is 11.9 Å². The average molecular weight is 405 g/mol. The Balaban J connectivity index is 1.27. The standard InChI is InChI=1S/C21H36N6O2/c1-3-5-19-22-21(23-29-19)26-10-7-18(8-11-26)27-9-4-6-17(16-27)20(28)25-14-12-24(2)13-15-25/h17-18H,3-16H2,1-2H3/t17-/m0/s1. The van der Waals surface area contributed by atoms with Gasteiger partial charge in [0.1, 0.15) is 0 Å². The number of carbonyl (C=O) groups is 1. The van der Waals surface area contributed by atoms with Crippen molar-refractivity contribution in [2.24, 2.45) is 5.92 Å². The van der Waals surface area contributed by atoms with Crippen molar-refractivity contribution < 1.29 is 9.32 Å². The van der Waals surface area contributed by atoms with Gasteiger partial charge in [0, 0.05) is 58.3 Å². The highest BCUT2D eigenvalue weighted by Crippen LogP contribution is 2.26. The molecule has 0 aromatic carbocycles. The number of rotatable bonds is 5. The van der Waals surface area contributed by atoms with Gasteiger partial charge >= 0.3 is 0 Å². The lowest BCUT2D eigenvalue weighted by Crippen LogP contribution is -2.54. The number of nitrogens with zero attached hydrogens (tertiary/aromatic N) is 6. The third kappa shape index (κ3) is 4.91. The first-order valence-corrected chi connectivity index (χ1v) is 11.4. The summed E-state index contributed by atoms with van der Waals surface area (Å²) in [4.78, 5) is 26.8. The molecule has 0 aliphatic carbocycles. The number of likely N-dealkylation sites (tertiary alicyclic amines) is 1. The minimum Gasteiger partial charge on any atom is -0.340 e. The number of likely N-dealkylation sites (N-methyl/N-ethyl adjacent to an activating group) is 1. The molecule has 1 aromatic heterocycles. The zero-order valence-electron chi connectivity index (χ0n) is 18.1. The highest BCUT2D eigenvalue weighted by atomic mass is 16.5. The Hall–Kier alpha value is -1.67. The first-order chi connectivity index (χ1) is 14.1. The summed E-state index contributed by atoms with van der Waals surface area (Å²) in [5.41, 5.74) is 0. The second kappa shape index (κ2) is 9.43. The van der Waals surface area contributed by atoms with Gasteiger partial charge in [-0.1, -0.05) is 6.92 Å². The number of aryl methyl sites for hydroxylation is 1. The van der Waals surface area contributed by atoms with Crippen LogP contribution in [0, 0.1) is 5.92 Å². The number of hydrogen-bond donors (Lipinski definition) is 0. The molecule has 3 aliphatic rings. The van der Waals surface area contributed by atoms with Crippen LogP contribution in [0.4, 0.5) is 5.95 Å². The van der Waals surface area contributed by atoms with Crippen LogP contribution >= 0.6 is 0 Å². The van der Waals surface area contributed by atoms with E-state index in [1.165, 1.54) is 0 Å². The van der Waals surface area contributed by atoms with Crippen LogP contribution in [0.1, 0.15) is 44.9 Å². The van der Waals surface area contributed by atoms with Gasteiger partial charge in [0.15, 0.2) is 0 Å². The van der Waals surface area contributed by atoms with Crippen molar-refractivity contribution in [3.05, 3.63) is 5.89 Å². The SMILES string of the molecule is CCCc1nc(N2CCC(N3CCC[C@H](C(=O)N4CCN(C)CC4)C3)CC2)no1. The summed E-state index contributed by atoms with van der Waals surface area (Å²) in [6.07, 6.45) is 6.26. The lowest BCUT2D eigenvalue weighted by atomic mass is 9.92. The van der Waals surface area contributed by atoms with Crippen molar-refractivity contribution in [1.29, 1.82) is 0 Å². The first-order valence-electron chi connectivity index (χ1n) is 11.4. The Morgan fingerprint density at radius 3 is 2.55 bits per heavy atom. The number of piperazine rings is 1. The fourth-order valence-electron chi connectivity index (χ4n) is 4.95. The average Bonchev–Trinajstić information content (AvgIpc) is 3.23. The lowest BCUT2D eigenvalue weighted by Gasteiger charge is -2.43. The number of aromatic nitrogens is 2.